The van der Waals surface area contributed by atoms with Crippen LogP contribution in [0.1, 0.15) is 11.6 Å². The quantitative estimate of drug-likeness (QED) is 0.837. The summed E-state index contributed by atoms with van der Waals surface area (Å²) in [4.78, 5) is 3.73. The van der Waals surface area contributed by atoms with Crippen molar-refractivity contribution in [3.63, 3.8) is 0 Å². The first kappa shape index (κ1) is 11.5. The van der Waals surface area contributed by atoms with Gasteiger partial charge in [0.25, 0.3) is 0 Å². The van der Waals surface area contributed by atoms with E-state index in [1.807, 2.05) is 0 Å². The maximum Gasteiger partial charge on any atom is 0.398 e. The van der Waals surface area contributed by atoms with Crippen LogP contribution >= 0.6 is 15.9 Å². The predicted octanol–water partition coefficient (Wildman–Crippen LogP) is 2.45. The lowest BCUT2D eigenvalue weighted by atomic mass is 10.1. The molecular formula is C8H8BrF3N2. The fraction of sp³-hybridized carbons (Fsp3) is 0.375. The third-order valence-corrected chi connectivity index (χ3v) is 2.17. The fourth-order valence-electron chi connectivity index (χ4n) is 1.04. The summed E-state index contributed by atoms with van der Waals surface area (Å²) < 4.78 is 37.6. The number of nitrogens with two attached hydrogens (primary N) is 1. The van der Waals surface area contributed by atoms with E-state index in [1.165, 1.54) is 12.1 Å². The molecule has 78 valence electrons. The number of alkyl halides is 3. The van der Waals surface area contributed by atoms with E-state index in [9.17, 15) is 13.2 Å². The van der Waals surface area contributed by atoms with Gasteiger partial charge in [-0.1, -0.05) is 6.07 Å². The molecule has 0 aliphatic heterocycles. The van der Waals surface area contributed by atoms with Gasteiger partial charge in [0.05, 0.1) is 5.69 Å². The van der Waals surface area contributed by atoms with Crippen LogP contribution in [0.2, 0.25) is 0 Å². The number of halogens is 4. The minimum atomic E-state index is -4.34. The maximum absolute atomic E-state index is 12.4. The minimum absolute atomic E-state index is 0.0608. The standard InChI is InChI=1S/C8H8BrF3N2/c9-7-3-1-2-6(14-7)5(4-13)8(10,11)12/h1-3,5H,4,13H2. The fourth-order valence-corrected chi connectivity index (χ4v) is 1.40. The molecular weight excluding hydrogens is 261 g/mol. The monoisotopic (exact) mass is 268 g/mol. The van der Waals surface area contributed by atoms with Crippen LogP contribution in [0.5, 0.6) is 0 Å². The van der Waals surface area contributed by atoms with Crippen LogP contribution in [0.25, 0.3) is 0 Å². The third kappa shape index (κ3) is 2.68. The summed E-state index contributed by atoms with van der Waals surface area (Å²) in [6, 6.07) is 4.38. The van der Waals surface area contributed by atoms with Crippen molar-refractivity contribution in [2.45, 2.75) is 12.1 Å². The number of hydrogen-bond acceptors (Lipinski definition) is 2. The molecule has 1 aromatic rings. The summed E-state index contributed by atoms with van der Waals surface area (Å²) in [5.41, 5.74) is 5.00. The van der Waals surface area contributed by atoms with Crippen LogP contribution in [0.15, 0.2) is 22.8 Å². The molecule has 1 rings (SSSR count). The van der Waals surface area contributed by atoms with Gasteiger partial charge in [0, 0.05) is 6.54 Å². The number of pyridine rings is 1. The zero-order valence-corrected chi connectivity index (χ0v) is 8.64. The first-order valence-corrected chi connectivity index (χ1v) is 4.63. The molecule has 2 N–H and O–H groups in total. The Labute approximate surface area is 87.4 Å². The second-order valence-corrected chi connectivity index (χ2v) is 3.53. The van der Waals surface area contributed by atoms with Gasteiger partial charge in [-0.05, 0) is 28.1 Å². The van der Waals surface area contributed by atoms with Gasteiger partial charge in [-0.3, -0.25) is 0 Å². The first-order chi connectivity index (χ1) is 6.45. The molecule has 6 heteroatoms. The number of hydrogen-bond donors (Lipinski definition) is 1. The van der Waals surface area contributed by atoms with Gasteiger partial charge in [-0.15, -0.1) is 0 Å². The topological polar surface area (TPSA) is 38.9 Å². The van der Waals surface area contributed by atoms with Crippen molar-refractivity contribution >= 4 is 15.9 Å². The molecule has 0 aromatic carbocycles. The Kier molecular flexibility index (Phi) is 3.49. The highest BCUT2D eigenvalue weighted by Crippen LogP contribution is 2.33. The Morgan fingerprint density at radius 1 is 1.43 bits per heavy atom. The molecule has 1 aromatic heterocycles. The van der Waals surface area contributed by atoms with Crippen molar-refractivity contribution < 1.29 is 13.2 Å². The van der Waals surface area contributed by atoms with E-state index in [-0.39, 0.29) is 5.69 Å². The Balaban J connectivity index is 3.01. The maximum atomic E-state index is 12.4. The van der Waals surface area contributed by atoms with Gasteiger partial charge < -0.3 is 5.73 Å². The van der Waals surface area contributed by atoms with Crippen LogP contribution in [0, 0.1) is 0 Å². The van der Waals surface area contributed by atoms with E-state index < -0.39 is 18.6 Å². The van der Waals surface area contributed by atoms with Crippen LogP contribution in [0.3, 0.4) is 0 Å². The van der Waals surface area contributed by atoms with Crippen molar-refractivity contribution in [2.24, 2.45) is 5.73 Å². The predicted molar refractivity (Wildman–Crippen MR) is 49.8 cm³/mol. The zero-order valence-electron chi connectivity index (χ0n) is 7.05. The molecule has 14 heavy (non-hydrogen) atoms. The van der Waals surface area contributed by atoms with Crippen molar-refractivity contribution in [1.29, 1.82) is 0 Å². The van der Waals surface area contributed by atoms with Gasteiger partial charge in [0.15, 0.2) is 0 Å². The summed E-state index contributed by atoms with van der Waals surface area (Å²) in [6.07, 6.45) is -4.34. The van der Waals surface area contributed by atoms with Gasteiger partial charge >= 0.3 is 6.18 Å². The van der Waals surface area contributed by atoms with Crippen LogP contribution in [0.4, 0.5) is 13.2 Å². The number of nitrogens with zero attached hydrogens (tertiary/aromatic N) is 1. The molecule has 0 spiro atoms. The van der Waals surface area contributed by atoms with E-state index >= 15 is 0 Å². The van der Waals surface area contributed by atoms with E-state index in [0.29, 0.717) is 4.60 Å². The first-order valence-electron chi connectivity index (χ1n) is 3.84. The van der Waals surface area contributed by atoms with E-state index in [1.54, 1.807) is 6.07 Å². The summed E-state index contributed by atoms with van der Waals surface area (Å²) in [5, 5.41) is 0. The van der Waals surface area contributed by atoms with Gasteiger partial charge in [-0.2, -0.15) is 13.2 Å². The molecule has 0 fully saturated rings. The largest absolute Gasteiger partial charge is 0.398 e. The lowest BCUT2D eigenvalue weighted by molar-refractivity contribution is -0.148. The van der Waals surface area contributed by atoms with Gasteiger partial charge in [-0.25, -0.2) is 4.98 Å². The van der Waals surface area contributed by atoms with E-state index in [4.69, 9.17) is 5.73 Å². The lowest BCUT2D eigenvalue weighted by Gasteiger charge is -2.17. The van der Waals surface area contributed by atoms with Gasteiger partial charge in [0.1, 0.15) is 10.5 Å². The van der Waals surface area contributed by atoms with E-state index in [2.05, 4.69) is 20.9 Å². The Morgan fingerprint density at radius 2 is 2.07 bits per heavy atom. The van der Waals surface area contributed by atoms with Gasteiger partial charge in [0.2, 0.25) is 0 Å². The normalized spacial score (nSPS) is 14.1. The summed E-state index contributed by atoms with van der Waals surface area (Å²) in [6.45, 7) is -0.493. The molecule has 2 nitrogen and oxygen atoms in total. The highest BCUT2D eigenvalue weighted by molar-refractivity contribution is 9.10. The Hall–Kier alpha value is -0.620. The van der Waals surface area contributed by atoms with Crippen LogP contribution in [-0.2, 0) is 0 Å². The molecule has 0 radical (unpaired) electrons. The number of aromatic nitrogens is 1. The van der Waals surface area contributed by atoms with Crippen molar-refractivity contribution in [3.8, 4) is 0 Å². The van der Waals surface area contributed by atoms with Crippen LogP contribution < -0.4 is 5.73 Å². The second kappa shape index (κ2) is 4.27. The molecule has 1 heterocycles. The van der Waals surface area contributed by atoms with E-state index in [0.717, 1.165) is 0 Å². The molecule has 0 aliphatic rings. The van der Waals surface area contributed by atoms with Crippen molar-refractivity contribution in [2.75, 3.05) is 6.54 Å². The summed E-state index contributed by atoms with van der Waals surface area (Å²) in [5.74, 6) is -1.69. The average molecular weight is 269 g/mol. The molecule has 1 unspecified atom stereocenters. The smallest absolute Gasteiger partial charge is 0.329 e. The number of rotatable bonds is 2. The molecule has 0 bridgehead atoms. The minimum Gasteiger partial charge on any atom is -0.329 e. The highest BCUT2D eigenvalue weighted by Gasteiger charge is 2.40. The molecule has 0 amide bonds. The SMILES string of the molecule is NCC(c1cccc(Br)n1)C(F)(F)F. The average Bonchev–Trinajstić information content (AvgIpc) is 2.02. The highest BCUT2D eigenvalue weighted by atomic mass is 79.9. The molecule has 0 aliphatic carbocycles. The summed E-state index contributed by atoms with van der Waals surface area (Å²) >= 11 is 3.01. The van der Waals surface area contributed by atoms with Crippen molar-refractivity contribution in [1.82, 2.24) is 4.98 Å². The molecule has 1 atom stereocenters. The zero-order chi connectivity index (χ0) is 10.8. The lowest BCUT2D eigenvalue weighted by Crippen LogP contribution is -2.28. The third-order valence-electron chi connectivity index (χ3n) is 1.72. The second-order valence-electron chi connectivity index (χ2n) is 2.72. The Bertz CT molecular complexity index is 314. The molecule has 0 saturated carbocycles. The Morgan fingerprint density at radius 3 is 2.50 bits per heavy atom. The molecule has 0 saturated heterocycles. The van der Waals surface area contributed by atoms with Crippen molar-refractivity contribution in [3.05, 3.63) is 28.5 Å². The summed E-state index contributed by atoms with van der Waals surface area (Å²) in [7, 11) is 0. The van der Waals surface area contributed by atoms with Crippen LogP contribution in [-0.4, -0.2) is 17.7 Å².